The van der Waals surface area contributed by atoms with Gasteiger partial charge in [-0.2, -0.15) is 0 Å². The molecule has 2 saturated carbocycles. The number of ketones is 2. The lowest BCUT2D eigenvalue weighted by molar-refractivity contribution is -0.175. The molecule has 0 spiro atoms. The van der Waals surface area contributed by atoms with E-state index in [1.807, 2.05) is 0 Å². The molecule has 0 aromatic rings. The molecule has 4 rings (SSSR count). The van der Waals surface area contributed by atoms with Crippen LogP contribution in [0.15, 0.2) is 35.6 Å². The highest BCUT2D eigenvalue weighted by Gasteiger charge is 2.74. The number of carbonyl (C=O) groups excluding carboxylic acids is 2. The molecular weight excluding hydrogens is 396 g/mol. The number of aliphatic hydroxyl groups is 4. The molecule has 29 heavy (non-hydrogen) atoms. The Labute approximate surface area is 174 Å². The zero-order valence-electron chi connectivity index (χ0n) is 16.7. The SMILES string of the molecule is C[C@H]1C[C@H]2[C@@H]3C=C(O)C4=CC(=O)C=C[C@]4(C)[C@@]3(Cl)[C@H](O)C[C@]2(C)[C@@]1(O)C(=O)CO. The summed E-state index contributed by atoms with van der Waals surface area (Å²) in [6.45, 7) is 4.53. The monoisotopic (exact) mass is 422 g/mol. The minimum absolute atomic E-state index is 0.0590. The van der Waals surface area contributed by atoms with Gasteiger partial charge in [0.25, 0.3) is 0 Å². The Morgan fingerprint density at radius 2 is 2.00 bits per heavy atom. The third-order valence-electron chi connectivity index (χ3n) is 8.44. The molecule has 4 N–H and O–H groups in total. The first-order valence-electron chi connectivity index (χ1n) is 9.98. The molecule has 4 aliphatic carbocycles. The summed E-state index contributed by atoms with van der Waals surface area (Å²) < 4.78 is 0. The number of hydrogen-bond donors (Lipinski definition) is 4. The van der Waals surface area contributed by atoms with Gasteiger partial charge >= 0.3 is 0 Å². The van der Waals surface area contributed by atoms with Crippen molar-refractivity contribution in [1.82, 2.24) is 0 Å². The van der Waals surface area contributed by atoms with Gasteiger partial charge in [0.1, 0.15) is 18.0 Å². The molecule has 2 fully saturated rings. The Balaban J connectivity index is 1.93. The zero-order chi connectivity index (χ0) is 21.6. The minimum atomic E-state index is -1.80. The molecule has 4 aliphatic rings. The number of carbonyl (C=O) groups is 2. The van der Waals surface area contributed by atoms with E-state index in [1.54, 1.807) is 32.9 Å². The second-order valence-electron chi connectivity index (χ2n) is 9.57. The molecule has 0 saturated heterocycles. The molecule has 0 bridgehead atoms. The molecule has 0 heterocycles. The van der Waals surface area contributed by atoms with Crippen molar-refractivity contribution in [3.63, 3.8) is 0 Å². The van der Waals surface area contributed by atoms with Crippen LogP contribution in [-0.4, -0.2) is 55.2 Å². The normalized spacial score (nSPS) is 50.9. The highest BCUT2D eigenvalue weighted by atomic mass is 35.5. The molecule has 0 amide bonds. The maximum atomic E-state index is 12.6. The van der Waals surface area contributed by atoms with Gasteiger partial charge in [0.2, 0.25) is 0 Å². The molecule has 7 heteroatoms. The number of alkyl halides is 1. The standard InChI is InChI=1S/C22H27ClO6/c1-11-6-13-14-8-16(26)15-7-12(25)4-5-19(15,2)21(14,23)17(27)9-20(13,3)22(11,29)18(28)10-24/h4-5,7-8,11,13-14,17,24,26-27,29H,6,9-10H2,1-3H3/t11-,13-,14-,17+,19-,20-,21-,22-/m0/s1. The summed E-state index contributed by atoms with van der Waals surface area (Å²) in [5.74, 6) is -2.31. The van der Waals surface area contributed by atoms with Crippen molar-refractivity contribution in [1.29, 1.82) is 0 Å². The smallest absolute Gasteiger partial charge is 0.190 e. The van der Waals surface area contributed by atoms with Gasteiger partial charge in [0.15, 0.2) is 11.6 Å². The second-order valence-corrected chi connectivity index (χ2v) is 10.2. The molecule has 0 aliphatic heterocycles. The lowest BCUT2D eigenvalue weighted by Crippen LogP contribution is -2.68. The fraction of sp³-hybridized carbons (Fsp3) is 0.636. The Morgan fingerprint density at radius 3 is 2.62 bits per heavy atom. The van der Waals surface area contributed by atoms with Crippen LogP contribution in [0.1, 0.15) is 33.6 Å². The number of fused-ring (bicyclic) bond motifs is 5. The van der Waals surface area contributed by atoms with E-state index >= 15 is 0 Å². The van der Waals surface area contributed by atoms with Crippen molar-refractivity contribution >= 4 is 23.2 Å². The molecule has 6 nitrogen and oxygen atoms in total. The Hall–Kier alpha value is -1.47. The van der Waals surface area contributed by atoms with Crippen LogP contribution in [0.4, 0.5) is 0 Å². The molecule has 0 aromatic heterocycles. The summed E-state index contributed by atoms with van der Waals surface area (Å²) in [6, 6.07) is 0. The van der Waals surface area contributed by atoms with Crippen LogP contribution in [0.3, 0.4) is 0 Å². The van der Waals surface area contributed by atoms with Crippen molar-refractivity contribution < 1.29 is 30.0 Å². The van der Waals surface area contributed by atoms with E-state index in [9.17, 15) is 30.0 Å². The predicted molar refractivity (Wildman–Crippen MR) is 106 cm³/mol. The fourth-order valence-electron chi connectivity index (χ4n) is 6.83. The third kappa shape index (κ3) is 2.18. The number of rotatable bonds is 2. The number of aliphatic hydroxyl groups excluding tert-OH is 3. The van der Waals surface area contributed by atoms with Gasteiger partial charge < -0.3 is 20.4 Å². The van der Waals surface area contributed by atoms with Crippen LogP contribution in [0.2, 0.25) is 0 Å². The molecule has 8 atom stereocenters. The third-order valence-corrected chi connectivity index (χ3v) is 9.33. The highest BCUT2D eigenvalue weighted by molar-refractivity contribution is 6.26. The Kier molecular flexibility index (Phi) is 4.33. The maximum absolute atomic E-state index is 12.6. The minimum Gasteiger partial charge on any atom is -0.508 e. The van der Waals surface area contributed by atoms with Crippen molar-refractivity contribution in [2.24, 2.45) is 28.6 Å². The van der Waals surface area contributed by atoms with Gasteiger partial charge in [-0.3, -0.25) is 9.59 Å². The summed E-state index contributed by atoms with van der Waals surface area (Å²) in [4.78, 5) is 23.3. The zero-order valence-corrected chi connectivity index (χ0v) is 17.5. The summed E-state index contributed by atoms with van der Waals surface area (Å²) in [6.07, 6.45) is 5.33. The summed E-state index contributed by atoms with van der Waals surface area (Å²) in [7, 11) is 0. The van der Waals surface area contributed by atoms with Crippen LogP contribution < -0.4 is 0 Å². The second kappa shape index (κ2) is 6.03. The van der Waals surface area contributed by atoms with Crippen LogP contribution in [-0.2, 0) is 9.59 Å². The lowest BCUT2D eigenvalue weighted by Gasteiger charge is -2.62. The van der Waals surface area contributed by atoms with Crippen LogP contribution in [0.25, 0.3) is 0 Å². The summed E-state index contributed by atoms with van der Waals surface area (Å²) >= 11 is 7.21. The number of hydrogen-bond acceptors (Lipinski definition) is 6. The number of allylic oxidation sites excluding steroid dienone is 5. The predicted octanol–water partition coefficient (Wildman–Crippen LogP) is 1.83. The van der Waals surface area contributed by atoms with Gasteiger partial charge in [-0.1, -0.05) is 26.8 Å². The van der Waals surface area contributed by atoms with E-state index in [4.69, 9.17) is 11.6 Å². The van der Waals surface area contributed by atoms with Gasteiger partial charge in [-0.15, -0.1) is 11.6 Å². The average molecular weight is 423 g/mol. The molecule has 158 valence electrons. The lowest BCUT2D eigenvalue weighted by atomic mass is 9.47. The van der Waals surface area contributed by atoms with Gasteiger partial charge in [-0.05, 0) is 42.9 Å². The van der Waals surface area contributed by atoms with E-state index in [-0.39, 0.29) is 23.9 Å². The Bertz CT molecular complexity index is 892. The van der Waals surface area contributed by atoms with E-state index in [2.05, 4.69) is 0 Å². The average Bonchev–Trinajstić information content (AvgIpc) is 2.86. The van der Waals surface area contributed by atoms with E-state index in [0.29, 0.717) is 12.0 Å². The molecule has 0 unspecified atom stereocenters. The first-order chi connectivity index (χ1) is 13.4. The van der Waals surface area contributed by atoms with Crippen LogP contribution >= 0.6 is 11.6 Å². The fourth-order valence-corrected chi connectivity index (χ4v) is 7.29. The van der Waals surface area contributed by atoms with Crippen molar-refractivity contribution in [3.8, 4) is 0 Å². The highest BCUT2D eigenvalue weighted by Crippen LogP contribution is 2.70. The quantitative estimate of drug-likeness (QED) is 0.505. The first-order valence-corrected chi connectivity index (χ1v) is 10.4. The first kappa shape index (κ1) is 20.8. The van der Waals surface area contributed by atoms with Gasteiger partial charge in [0, 0.05) is 22.3 Å². The number of halogens is 1. The maximum Gasteiger partial charge on any atom is 0.190 e. The largest absolute Gasteiger partial charge is 0.508 e. The Morgan fingerprint density at radius 1 is 1.34 bits per heavy atom. The molecule has 0 radical (unpaired) electrons. The van der Waals surface area contributed by atoms with Crippen molar-refractivity contribution in [2.45, 2.75) is 50.2 Å². The van der Waals surface area contributed by atoms with Crippen LogP contribution in [0.5, 0.6) is 0 Å². The molecule has 0 aromatic carbocycles. The van der Waals surface area contributed by atoms with E-state index in [1.165, 1.54) is 12.2 Å². The van der Waals surface area contributed by atoms with E-state index in [0.717, 1.165) is 0 Å². The van der Waals surface area contributed by atoms with Crippen molar-refractivity contribution in [2.75, 3.05) is 6.61 Å². The number of Topliss-reactive ketones (excluding diaryl/α,β-unsaturated/α-hetero) is 1. The van der Waals surface area contributed by atoms with Crippen molar-refractivity contribution in [3.05, 3.63) is 35.6 Å². The van der Waals surface area contributed by atoms with Gasteiger partial charge in [-0.25, -0.2) is 0 Å². The summed E-state index contributed by atoms with van der Waals surface area (Å²) in [5, 5.41) is 43.1. The van der Waals surface area contributed by atoms with Crippen LogP contribution in [0, 0.1) is 28.6 Å². The van der Waals surface area contributed by atoms with E-state index < -0.39 is 51.6 Å². The topological polar surface area (TPSA) is 115 Å². The molecular formula is C22H27ClO6. The van der Waals surface area contributed by atoms with Gasteiger partial charge in [0.05, 0.1) is 11.0 Å². The summed E-state index contributed by atoms with van der Waals surface area (Å²) in [5.41, 5.74) is -3.47.